The first-order chi connectivity index (χ1) is 9.76. The summed E-state index contributed by atoms with van der Waals surface area (Å²) in [5, 5.41) is 3.40. The van der Waals surface area contributed by atoms with E-state index in [1.165, 1.54) is 6.07 Å². The third-order valence-electron chi connectivity index (χ3n) is 3.37. The van der Waals surface area contributed by atoms with E-state index >= 15 is 0 Å². The average molecular weight is 273 g/mol. The van der Waals surface area contributed by atoms with Crippen LogP contribution in [0.3, 0.4) is 0 Å². The number of fused-ring (bicyclic) bond motifs is 1. The van der Waals surface area contributed by atoms with Crippen LogP contribution in [0.1, 0.15) is 24.9 Å². The van der Waals surface area contributed by atoms with Crippen LogP contribution >= 0.6 is 0 Å². The number of rotatable bonds is 4. The molecular weight excluding hydrogens is 257 g/mol. The van der Waals surface area contributed by atoms with E-state index < -0.39 is 0 Å². The van der Waals surface area contributed by atoms with Crippen LogP contribution in [0.5, 0.6) is 11.5 Å². The molecule has 4 heteroatoms. The van der Waals surface area contributed by atoms with Crippen molar-refractivity contribution in [1.82, 2.24) is 0 Å². The Hall–Kier alpha value is -2.23. The highest BCUT2D eigenvalue weighted by Crippen LogP contribution is 2.35. The smallest absolute Gasteiger partial charge is 0.231 e. The summed E-state index contributed by atoms with van der Waals surface area (Å²) in [4.78, 5) is 0. The summed E-state index contributed by atoms with van der Waals surface area (Å²) in [6.45, 7) is 2.33. The molecule has 0 aliphatic carbocycles. The third kappa shape index (κ3) is 2.54. The Balaban J connectivity index is 1.81. The zero-order valence-corrected chi connectivity index (χ0v) is 11.2. The fourth-order valence-electron chi connectivity index (χ4n) is 2.33. The third-order valence-corrected chi connectivity index (χ3v) is 3.37. The van der Waals surface area contributed by atoms with Gasteiger partial charge in [0.25, 0.3) is 0 Å². The number of benzene rings is 2. The lowest BCUT2D eigenvalue weighted by atomic mass is 10.0. The molecule has 0 saturated carbocycles. The topological polar surface area (TPSA) is 30.5 Å². The zero-order chi connectivity index (χ0) is 13.9. The van der Waals surface area contributed by atoms with Gasteiger partial charge in [-0.1, -0.05) is 19.1 Å². The van der Waals surface area contributed by atoms with E-state index in [0.29, 0.717) is 0 Å². The van der Waals surface area contributed by atoms with Gasteiger partial charge in [-0.05, 0) is 36.2 Å². The minimum atomic E-state index is -0.214. The van der Waals surface area contributed by atoms with Crippen molar-refractivity contribution >= 4 is 5.69 Å². The first-order valence-electron chi connectivity index (χ1n) is 6.68. The second-order valence-corrected chi connectivity index (χ2v) is 4.73. The van der Waals surface area contributed by atoms with E-state index in [4.69, 9.17) is 9.47 Å². The van der Waals surface area contributed by atoms with Crippen molar-refractivity contribution in [2.75, 3.05) is 12.1 Å². The number of hydrogen-bond donors (Lipinski definition) is 1. The summed E-state index contributed by atoms with van der Waals surface area (Å²) >= 11 is 0. The first-order valence-corrected chi connectivity index (χ1v) is 6.68. The van der Waals surface area contributed by atoms with Crippen LogP contribution in [0.4, 0.5) is 10.1 Å². The van der Waals surface area contributed by atoms with Crippen molar-refractivity contribution in [1.29, 1.82) is 0 Å². The molecule has 0 fully saturated rings. The number of nitrogens with one attached hydrogen (secondary N) is 1. The fraction of sp³-hybridized carbons (Fsp3) is 0.250. The summed E-state index contributed by atoms with van der Waals surface area (Å²) in [5.41, 5.74) is 1.87. The summed E-state index contributed by atoms with van der Waals surface area (Å²) in [5.74, 6) is 1.28. The highest BCUT2D eigenvalue weighted by molar-refractivity contribution is 5.56. The van der Waals surface area contributed by atoms with Crippen molar-refractivity contribution in [3.05, 3.63) is 53.8 Å². The van der Waals surface area contributed by atoms with Crippen LogP contribution in [0, 0.1) is 5.82 Å². The lowest BCUT2D eigenvalue weighted by Gasteiger charge is -2.19. The summed E-state index contributed by atoms with van der Waals surface area (Å²) < 4.78 is 24.0. The number of hydrogen-bond acceptors (Lipinski definition) is 3. The van der Waals surface area contributed by atoms with Crippen molar-refractivity contribution in [3.63, 3.8) is 0 Å². The highest BCUT2D eigenvalue weighted by atomic mass is 19.1. The van der Waals surface area contributed by atoms with Crippen molar-refractivity contribution in [2.24, 2.45) is 0 Å². The molecule has 2 aromatic carbocycles. The van der Waals surface area contributed by atoms with Crippen LogP contribution < -0.4 is 14.8 Å². The molecular formula is C16H16FNO2. The van der Waals surface area contributed by atoms with Crippen LogP contribution in [-0.4, -0.2) is 6.79 Å². The van der Waals surface area contributed by atoms with E-state index in [-0.39, 0.29) is 18.7 Å². The maximum atomic E-state index is 13.3. The standard InChI is InChI=1S/C16H16FNO2/c1-2-14(11-4-3-5-12(17)8-11)18-13-6-7-15-16(9-13)20-10-19-15/h3-9,14,18H,2,10H2,1H3. The Morgan fingerprint density at radius 2 is 2.00 bits per heavy atom. The molecule has 0 aromatic heterocycles. The number of halogens is 1. The van der Waals surface area contributed by atoms with Gasteiger partial charge in [-0.2, -0.15) is 0 Å². The summed E-state index contributed by atoms with van der Waals surface area (Å²) in [6, 6.07) is 12.5. The van der Waals surface area contributed by atoms with Crippen molar-refractivity contribution in [2.45, 2.75) is 19.4 Å². The molecule has 3 nitrogen and oxygen atoms in total. The Kier molecular flexibility index (Phi) is 3.46. The SMILES string of the molecule is CCC(Nc1ccc2c(c1)OCO2)c1cccc(F)c1. The fourth-order valence-corrected chi connectivity index (χ4v) is 2.33. The van der Waals surface area contributed by atoms with Gasteiger partial charge in [0.1, 0.15) is 5.82 Å². The molecule has 0 saturated heterocycles. The predicted molar refractivity (Wildman–Crippen MR) is 75.6 cm³/mol. The second kappa shape index (κ2) is 5.41. The maximum Gasteiger partial charge on any atom is 0.231 e. The molecule has 104 valence electrons. The van der Waals surface area contributed by atoms with Gasteiger partial charge in [0.15, 0.2) is 11.5 Å². The molecule has 1 heterocycles. The molecule has 1 aliphatic rings. The minimum Gasteiger partial charge on any atom is -0.454 e. The summed E-state index contributed by atoms with van der Waals surface area (Å²) in [7, 11) is 0. The maximum absolute atomic E-state index is 13.3. The van der Waals surface area contributed by atoms with E-state index in [2.05, 4.69) is 12.2 Å². The Morgan fingerprint density at radius 3 is 2.80 bits per heavy atom. The second-order valence-electron chi connectivity index (χ2n) is 4.73. The van der Waals surface area contributed by atoms with Gasteiger partial charge in [0.05, 0.1) is 6.04 Å². The summed E-state index contributed by atoms with van der Waals surface area (Å²) in [6.07, 6.45) is 0.859. The van der Waals surface area contributed by atoms with Gasteiger partial charge in [0, 0.05) is 11.8 Å². The molecule has 1 aliphatic heterocycles. The van der Waals surface area contributed by atoms with Crippen LogP contribution in [-0.2, 0) is 0 Å². The highest BCUT2D eigenvalue weighted by Gasteiger charge is 2.15. The monoisotopic (exact) mass is 273 g/mol. The van der Waals surface area contributed by atoms with E-state index in [0.717, 1.165) is 29.2 Å². The van der Waals surface area contributed by atoms with Gasteiger partial charge in [-0.25, -0.2) is 4.39 Å². The molecule has 0 amide bonds. The molecule has 0 spiro atoms. The molecule has 0 bridgehead atoms. The van der Waals surface area contributed by atoms with Gasteiger partial charge >= 0.3 is 0 Å². The van der Waals surface area contributed by atoms with Crippen molar-refractivity contribution < 1.29 is 13.9 Å². The van der Waals surface area contributed by atoms with E-state index in [1.807, 2.05) is 24.3 Å². The molecule has 1 N–H and O–H groups in total. The molecule has 1 unspecified atom stereocenters. The molecule has 2 aromatic rings. The zero-order valence-electron chi connectivity index (χ0n) is 11.2. The Labute approximate surface area is 117 Å². The Morgan fingerprint density at radius 1 is 1.15 bits per heavy atom. The first kappa shape index (κ1) is 12.8. The molecule has 0 radical (unpaired) electrons. The molecule has 3 rings (SSSR count). The lowest BCUT2D eigenvalue weighted by molar-refractivity contribution is 0.174. The Bertz CT molecular complexity index is 615. The van der Waals surface area contributed by atoms with Gasteiger partial charge < -0.3 is 14.8 Å². The van der Waals surface area contributed by atoms with Crippen LogP contribution in [0.15, 0.2) is 42.5 Å². The van der Waals surface area contributed by atoms with Crippen LogP contribution in [0.25, 0.3) is 0 Å². The minimum absolute atomic E-state index is 0.0612. The normalized spacial score (nSPS) is 14.1. The van der Waals surface area contributed by atoms with E-state index in [1.54, 1.807) is 12.1 Å². The average Bonchev–Trinajstić information content (AvgIpc) is 2.92. The van der Waals surface area contributed by atoms with Gasteiger partial charge in [-0.3, -0.25) is 0 Å². The molecule has 1 atom stereocenters. The van der Waals surface area contributed by atoms with Crippen LogP contribution in [0.2, 0.25) is 0 Å². The largest absolute Gasteiger partial charge is 0.454 e. The van der Waals surface area contributed by atoms with Crippen molar-refractivity contribution in [3.8, 4) is 11.5 Å². The number of anilines is 1. The molecule has 20 heavy (non-hydrogen) atoms. The van der Waals surface area contributed by atoms with E-state index in [9.17, 15) is 4.39 Å². The van der Waals surface area contributed by atoms with Gasteiger partial charge in [0.2, 0.25) is 6.79 Å². The predicted octanol–water partition coefficient (Wildman–Crippen LogP) is 4.12. The lowest BCUT2D eigenvalue weighted by Crippen LogP contribution is -2.09. The quantitative estimate of drug-likeness (QED) is 0.909. The van der Waals surface area contributed by atoms with Gasteiger partial charge in [-0.15, -0.1) is 0 Å². The number of ether oxygens (including phenoxy) is 2.